The molecule has 106 valence electrons. The highest BCUT2D eigenvalue weighted by Crippen LogP contribution is 2.29. The molecular weight excluding hydrogens is 228 g/mol. The van der Waals surface area contributed by atoms with Crippen LogP contribution in [-0.2, 0) is 9.53 Å². The van der Waals surface area contributed by atoms with Crippen LogP contribution in [0.1, 0.15) is 48.5 Å². The van der Waals surface area contributed by atoms with Crippen LogP contribution in [0.2, 0.25) is 0 Å². The second-order valence-electron chi connectivity index (χ2n) is 7.66. The number of nitrogens with zero attached hydrogens (tertiary/aromatic N) is 1. The van der Waals surface area contributed by atoms with Crippen LogP contribution in [0.15, 0.2) is 0 Å². The molecule has 1 rings (SSSR count). The van der Waals surface area contributed by atoms with Gasteiger partial charge in [0.15, 0.2) is 0 Å². The standard InChI is InChI=1S/C14H28N2O2/c1-12(2,3)10(15)11(17)16-8-13(4,5)18-14(6,7)9-16/h10H,8-9,15H2,1-7H3/t10-/m1/s1. The van der Waals surface area contributed by atoms with E-state index in [9.17, 15) is 4.79 Å². The van der Waals surface area contributed by atoms with E-state index in [1.807, 2.05) is 53.4 Å². The average Bonchev–Trinajstić information content (AvgIpc) is 2.08. The zero-order chi connectivity index (χ0) is 14.4. The maximum atomic E-state index is 12.5. The largest absolute Gasteiger partial charge is 0.366 e. The van der Waals surface area contributed by atoms with Crippen molar-refractivity contribution in [2.24, 2.45) is 11.1 Å². The lowest BCUT2D eigenvalue weighted by Gasteiger charge is -2.48. The van der Waals surface area contributed by atoms with Gasteiger partial charge in [-0.2, -0.15) is 0 Å². The fourth-order valence-corrected chi connectivity index (χ4v) is 2.51. The smallest absolute Gasteiger partial charge is 0.240 e. The third-order valence-corrected chi connectivity index (χ3v) is 3.21. The van der Waals surface area contributed by atoms with Crippen molar-refractivity contribution >= 4 is 5.91 Å². The van der Waals surface area contributed by atoms with Crippen LogP contribution in [0.25, 0.3) is 0 Å². The van der Waals surface area contributed by atoms with E-state index in [1.165, 1.54) is 0 Å². The molecule has 1 aliphatic heterocycles. The predicted octanol–water partition coefficient (Wildman–Crippen LogP) is 1.78. The molecule has 1 heterocycles. The molecule has 0 bridgehead atoms. The van der Waals surface area contributed by atoms with Gasteiger partial charge in [-0.1, -0.05) is 20.8 Å². The van der Waals surface area contributed by atoms with Gasteiger partial charge in [0, 0.05) is 13.1 Å². The Balaban J connectivity index is 2.87. The number of nitrogens with two attached hydrogens (primary N) is 1. The molecule has 4 heteroatoms. The van der Waals surface area contributed by atoms with Gasteiger partial charge in [-0.15, -0.1) is 0 Å². The molecule has 2 N–H and O–H groups in total. The van der Waals surface area contributed by atoms with Crippen LogP contribution in [0.4, 0.5) is 0 Å². The minimum atomic E-state index is -0.470. The minimum absolute atomic E-state index is 0.0203. The van der Waals surface area contributed by atoms with Gasteiger partial charge in [-0.25, -0.2) is 0 Å². The zero-order valence-corrected chi connectivity index (χ0v) is 12.8. The van der Waals surface area contributed by atoms with Crippen molar-refractivity contribution in [3.8, 4) is 0 Å². The molecule has 0 unspecified atom stereocenters. The molecule has 1 saturated heterocycles. The summed E-state index contributed by atoms with van der Waals surface area (Å²) in [6.45, 7) is 15.2. The first-order valence-corrected chi connectivity index (χ1v) is 6.59. The molecule has 1 atom stereocenters. The van der Waals surface area contributed by atoms with Crippen LogP contribution < -0.4 is 5.73 Å². The Morgan fingerprint density at radius 3 is 1.89 bits per heavy atom. The minimum Gasteiger partial charge on any atom is -0.366 e. The molecule has 0 radical (unpaired) electrons. The Morgan fingerprint density at radius 1 is 1.17 bits per heavy atom. The lowest BCUT2D eigenvalue weighted by Crippen LogP contribution is -2.62. The lowest BCUT2D eigenvalue weighted by atomic mass is 9.85. The van der Waals surface area contributed by atoms with Crippen molar-refractivity contribution in [1.82, 2.24) is 4.90 Å². The van der Waals surface area contributed by atoms with E-state index < -0.39 is 6.04 Å². The van der Waals surface area contributed by atoms with E-state index in [0.717, 1.165) is 0 Å². The van der Waals surface area contributed by atoms with Crippen molar-refractivity contribution in [2.45, 2.75) is 65.7 Å². The summed E-state index contributed by atoms with van der Waals surface area (Å²) in [6.07, 6.45) is 0. The summed E-state index contributed by atoms with van der Waals surface area (Å²) in [6, 6.07) is -0.470. The number of hydrogen-bond donors (Lipinski definition) is 1. The highest BCUT2D eigenvalue weighted by Gasteiger charge is 2.42. The quantitative estimate of drug-likeness (QED) is 0.778. The van der Waals surface area contributed by atoms with Crippen LogP contribution in [-0.4, -0.2) is 41.1 Å². The molecule has 0 aromatic heterocycles. The monoisotopic (exact) mass is 256 g/mol. The summed E-state index contributed by atoms with van der Waals surface area (Å²) >= 11 is 0. The molecule has 1 fully saturated rings. The van der Waals surface area contributed by atoms with Crippen LogP contribution >= 0.6 is 0 Å². The number of hydrogen-bond acceptors (Lipinski definition) is 3. The highest BCUT2D eigenvalue weighted by molar-refractivity contribution is 5.82. The Kier molecular flexibility index (Phi) is 3.86. The number of morpholine rings is 1. The number of rotatable bonds is 1. The summed E-state index contributed by atoms with van der Waals surface area (Å²) in [5.41, 5.74) is 5.20. The Hall–Kier alpha value is -0.610. The molecule has 18 heavy (non-hydrogen) atoms. The molecule has 4 nitrogen and oxygen atoms in total. The third kappa shape index (κ3) is 3.69. The fourth-order valence-electron chi connectivity index (χ4n) is 2.51. The van der Waals surface area contributed by atoms with Crippen molar-refractivity contribution < 1.29 is 9.53 Å². The SMILES string of the molecule is CC1(C)CN(C(=O)[C@@H](N)C(C)(C)C)CC(C)(C)O1. The van der Waals surface area contributed by atoms with Gasteiger partial charge in [-0.3, -0.25) is 4.79 Å². The Morgan fingerprint density at radius 2 is 1.56 bits per heavy atom. The van der Waals surface area contributed by atoms with Crippen molar-refractivity contribution in [1.29, 1.82) is 0 Å². The zero-order valence-electron chi connectivity index (χ0n) is 12.8. The van der Waals surface area contributed by atoms with Crippen LogP contribution in [0.5, 0.6) is 0 Å². The number of carbonyl (C=O) groups excluding carboxylic acids is 1. The number of amides is 1. The van der Waals surface area contributed by atoms with Crippen molar-refractivity contribution in [2.75, 3.05) is 13.1 Å². The van der Waals surface area contributed by atoms with E-state index in [2.05, 4.69) is 0 Å². The van der Waals surface area contributed by atoms with E-state index in [0.29, 0.717) is 13.1 Å². The van der Waals surface area contributed by atoms with Crippen molar-refractivity contribution in [3.05, 3.63) is 0 Å². The number of carbonyl (C=O) groups is 1. The normalized spacial score (nSPS) is 24.8. The molecule has 0 aliphatic carbocycles. The maximum Gasteiger partial charge on any atom is 0.240 e. The fraction of sp³-hybridized carbons (Fsp3) is 0.929. The molecule has 0 aromatic carbocycles. The Bertz CT molecular complexity index is 313. The first kappa shape index (κ1) is 15.4. The first-order valence-electron chi connectivity index (χ1n) is 6.59. The maximum absolute atomic E-state index is 12.5. The first-order chi connectivity index (χ1) is 7.84. The third-order valence-electron chi connectivity index (χ3n) is 3.21. The highest BCUT2D eigenvalue weighted by atomic mass is 16.5. The van der Waals surface area contributed by atoms with Gasteiger partial charge < -0.3 is 15.4 Å². The summed E-state index contributed by atoms with van der Waals surface area (Å²) in [4.78, 5) is 14.3. The van der Waals surface area contributed by atoms with Gasteiger partial charge in [0.1, 0.15) is 0 Å². The molecule has 0 spiro atoms. The van der Waals surface area contributed by atoms with E-state index >= 15 is 0 Å². The predicted molar refractivity (Wildman–Crippen MR) is 73.3 cm³/mol. The van der Waals surface area contributed by atoms with E-state index in [-0.39, 0.29) is 22.5 Å². The number of ether oxygens (including phenoxy) is 1. The van der Waals surface area contributed by atoms with Gasteiger partial charge in [-0.05, 0) is 33.1 Å². The van der Waals surface area contributed by atoms with Gasteiger partial charge in [0.2, 0.25) is 5.91 Å². The van der Waals surface area contributed by atoms with Crippen LogP contribution in [0, 0.1) is 5.41 Å². The average molecular weight is 256 g/mol. The molecule has 0 saturated carbocycles. The van der Waals surface area contributed by atoms with Crippen LogP contribution in [0.3, 0.4) is 0 Å². The van der Waals surface area contributed by atoms with Gasteiger partial charge in [0.25, 0.3) is 0 Å². The second kappa shape index (κ2) is 4.49. The van der Waals surface area contributed by atoms with E-state index in [4.69, 9.17) is 10.5 Å². The molecule has 1 amide bonds. The second-order valence-corrected chi connectivity index (χ2v) is 7.66. The summed E-state index contributed by atoms with van der Waals surface area (Å²) in [7, 11) is 0. The molecular formula is C14H28N2O2. The van der Waals surface area contributed by atoms with E-state index in [1.54, 1.807) is 0 Å². The van der Waals surface area contributed by atoms with Gasteiger partial charge in [0.05, 0.1) is 17.2 Å². The lowest BCUT2D eigenvalue weighted by molar-refractivity contribution is -0.189. The molecule has 1 aliphatic rings. The van der Waals surface area contributed by atoms with Crippen molar-refractivity contribution in [3.63, 3.8) is 0 Å². The summed E-state index contributed by atoms with van der Waals surface area (Å²) < 4.78 is 5.97. The Labute approximate surface area is 111 Å². The molecule has 0 aromatic rings. The topological polar surface area (TPSA) is 55.6 Å². The summed E-state index contributed by atoms with van der Waals surface area (Å²) in [5.74, 6) is 0.0203. The summed E-state index contributed by atoms with van der Waals surface area (Å²) in [5, 5.41) is 0. The van der Waals surface area contributed by atoms with Gasteiger partial charge >= 0.3 is 0 Å².